The number of nitrogens with one attached hydrogen (secondary N) is 1. The molecule has 17 heavy (non-hydrogen) atoms. The summed E-state index contributed by atoms with van der Waals surface area (Å²) in [5.74, 6) is 0. The fourth-order valence-corrected chi connectivity index (χ4v) is 2.97. The van der Waals surface area contributed by atoms with E-state index in [2.05, 4.69) is 30.4 Å². The van der Waals surface area contributed by atoms with Crippen LogP contribution in [0.4, 0.5) is 0 Å². The number of rotatable bonds is 1. The highest BCUT2D eigenvalue weighted by Gasteiger charge is 2.30. The number of hydrogen-bond acceptors (Lipinski definition) is 2. The van der Waals surface area contributed by atoms with Crippen molar-refractivity contribution >= 4 is 0 Å². The Morgan fingerprint density at radius 1 is 1.18 bits per heavy atom. The molecular formula is C15H21NO. The fraction of sp³-hybridized carbons (Fsp3) is 0.600. The summed E-state index contributed by atoms with van der Waals surface area (Å²) < 4.78 is 5.98. The van der Waals surface area contributed by atoms with E-state index in [9.17, 15) is 0 Å². The van der Waals surface area contributed by atoms with Gasteiger partial charge in [-0.05, 0) is 49.3 Å². The highest BCUT2D eigenvalue weighted by atomic mass is 16.5. The number of morpholine rings is 1. The minimum Gasteiger partial charge on any atom is -0.368 e. The zero-order valence-electron chi connectivity index (χ0n) is 10.6. The van der Waals surface area contributed by atoms with E-state index >= 15 is 0 Å². The van der Waals surface area contributed by atoms with E-state index in [-0.39, 0.29) is 5.60 Å². The van der Waals surface area contributed by atoms with Crippen molar-refractivity contribution in [1.82, 2.24) is 5.32 Å². The van der Waals surface area contributed by atoms with E-state index in [1.807, 2.05) is 0 Å². The van der Waals surface area contributed by atoms with Gasteiger partial charge < -0.3 is 10.1 Å². The Balaban J connectivity index is 1.92. The second-order valence-corrected chi connectivity index (χ2v) is 5.45. The van der Waals surface area contributed by atoms with Crippen molar-refractivity contribution in [2.75, 3.05) is 19.7 Å². The molecule has 0 spiro atoms. The third-order valence-electron chi connectivity index (χ3n) is 4.12. The Labute approximate surface area is 103 Å². The number of benzene rings is 1. The number of ether oxygens (including phenoxy) is 1. The van der Waals surface area contributed by atoms with Crippen LogP contribution in [-0.2, 0) is 23.2 Å². The smallest absolute Gasteiger partial charge is 0.103 e. The summed E-state index contributed by atoms with van der Waals surface area (Å²) in [4.78, 5) is 0. The number of aryl methyl sites for hydroxylation is 2. The number of hydrogen-bond donors (Lipinski definition) is 1. The van der Waals surface area contributed by atoms with Crippen LogP contribution in [0.1, 0.15) is 36.5 Å². The first-order valence-electron chi connectivity index (χ1n) is 6.75. The molecule has 2 heteroatoms. The fourth-order valence-electron chi connectivity index (χ4n) is 2.97. The van der Waals surface area contributed by atoms with Crippen molar-refractivity contribution in [1.29, 1.82) is 0 Å². The molecule has 0 aromatic heterocycles. The minimum absolute atomic E-state index is 0.134. The third kappa shape index (κ3) is 2.12. The molecule has 92 valence electrons. The van der Waals surface area contributed by atoms with Crippen molar-refractivity contribution in [2.24, 2.45) is 0 Å². The van der Waals surface area contributed by atoms with Crippen LogP contribution in [0.2, 0.25) is 0 Å². The maximum Gasteiger partial charge on any atom is 0.103 e. The van der Waals surface area contributed by atoms with Crippen LogP contribution in [0, 0.1) is 0 Å². The molecule has 1 aromatic rings. The van der Waals surface area contributed by atoms with Crippen LogP contribution in [0.25, 0.3) is 0 Å². The van der Waals surface area contributed by atoms with Gasteiger partial charge in [0.2, 0.25) is 0 Å². The van der Waals surface area contributed by atoms with E-state index in [0.717, 1.165) is 19.7 Å². The summed E-state index contributed by atoms with van der Waals surface area (Å²) in [5.41, 5.74) is 4.30. The van der Waals surface area contributed by atoms with Crippen molar-refractivity contribution in [3.8, 4) is 0 Å². The largest absolute Gasteiger partial charge is 0.368 e. The SMILES string of the molecule is CC1(c2ccc3c(c2)CCCC3)CNCCO1. The molecule has 0 bridgehead atoms. The molecular weight excluding hydrogens is 210 g/mol. The second kappa shape index (κ2) is 4.43. The van der Waals surface area contributed by atoms with Gasteiger partial charge in [-0.3, -0.25) is 0 Å². The van der Waals surface area contributed by atoms with Gasteiger partial charge in [0.1, 0.15) is 5.60 Å². The molecule has 3 rings (SSSR count). The lowest BCUT2D eigenvalue weighted by molar-refractivity contribution is -0.0572. The van der Waals surface area contributed by atoms with Crippen LogP contribution >= 0.6 is 0 Å². The van der Waals surface area contributed by atoms with Gasteiger partial charge in [0.25, 0.3) is 0 Å². The average Bonchev–Trinajstić information content (AvgIpc) is 2.39. The van der Waals surface area contributed by atoms with Crippen LogP contribution in [-0.4, -0.2) is 19.7 Å². The minimum atomic E-state index is -0.134. The molecule has 0 radical (unpaired) electrons. The topological polar surface area (TPSA) is 21.3 Å². The Bertz CT molecular complexity index is 407. The molecule has 1 saturated heterocycles. The highest BCUT2D eigenvalue weighted by molar-refractivity contribution is 5.36. The lowest BCUT2D eigenvalue weighted by atomic mass is 9.86. The lowest BCUT2D eigenvalue weighted by Gasteiger charge is -2.35. The average molecular weight is 231 g/mol. The Morgan fingerprint density at radius 2 is 2.00 bits per heavy atom. The van der Waals surface area contributed by atoms with Gasteiger partial charge in [-0.1, -0.05) is 18.2 Å². The molecule has 1 atom stereocenters. The molecule has 1 aliphatic carbocycles. The Kier molecular flexibility index (Phi) is 2.93. The summed E-state index contributed by atoms with van der Waals surface area (Å²) in [6, 6.07) is 6.95. The summed E-state index contributed by atoms with van der Waals surface area (Å²) in [6.07, 6.45) is 5.19. The summed E-state index contributed by atoms with van der Waals surface area (Å²) in [7, 11) is 0. The van der Waals surface area contributed by atoms with E-state index in [0.29, 0.717) is 0 Å². The third-order valence-corrected chi connectivity index (χ3v) is 4.12. The predicted octanol–water partition coefficient (Wildman–Crippen LogP) is 2.40. The van der Waals surface area contributed by atoms with E-state index in [1.165, 1.54) is 31.2 Å². The summed E-state index contributed by atoms with van der Waals surface area (Å²) in [5, 5.41) is 3.43. The van der Waals surface area contributed by atoms with E-state index in [4.69, 9.17) is 4.74 Å². The van der Waals surface area contributed by atoms with Gasteiger partial charge in [-0.2, -0.15) is 0 Å². The van der Waals surface area contributed by atoms with Crippen molar-refractivity contribution in [3.05, 3.63) is 34.9 Å². The molecule has 1 aromatic carbocycles. The zero-order chi connectivity index (χ0) is 11.7. The Hall–Kier alpha value is -0.860. The molecule has 1 fully saturated rings. The quantitative estimate of drug-likeness (QED) is 0.801. The van der Waals surface area contributed by atoms with Crippen LogP contribution in [0.5, 0.6) is 0 Å². The van der Waals surface area contributed by atoms with Gasteiger partial charge in [0.15, 0.2) is 0 Å². The van der Waals surface area contributed by atoms with Crippen molar-refractivity contribution < 1.29 is 4.74 Å². The highest BCUT2D eigenvalue weighted by Crippen LogP contribution is 2.30. The first-order chi connectivity index (χ1) is 8.28. The van der Waals surface area contributed by atoms with Gasteiger partial charge in [0, 0.05) is 13.1 Å². The molecule has 0 amide bonds. The normalized spacial score (nSPS) is 28.8. The Morgan fingerprint density at radius 3 is 2.76 bits per heavy atom. The monoisotopic (exact) mass is 231 g/mol. The molecule has 0 saturated carbocycles. The molecule has 1 N–H and O–H groups in total. The van der Waals surface area contributed by atoms with Crippen LogP contribution in [0.15, 0.2) is 18.2 Å². The van der Waals surface area contributed by atoms with Crippen LogP contribution in [0.3, 0.4) is 0 Å². The van der Waals surface area contributed by atoms with Gasteiger partial charge in [-0.15, -0.1) is 0 Å². The molecule has 2 nitrogen and oxygen atoms in total. The van der Waals surface area contributed by atoms with E-state index in [1.54, 1.807) is 11.1 Å². The summed E-state index contributed by atoms with van der Waals surface area (Å²) >= 11 is 0. The number of fused-ring (bicyclic) bond motifs is 1. The molecule has 1 unspecified atom stereocenters. The van der Waals surface area contributed by atoms with Crippen LogP contribution < -0.4 is 5.32 Å². The van der Waals surface area contributed by atoms with Crippen molar-refractivity contribution in [2.45, 2.75) is 38.2 Å². The van der Waals surface area contributed by atoms with Gasteiger partial charge in [-0.25, -0.2) is 0 Å². The standard InChI is InChI=1S/C15H21NO/c1-15(11-16-8-9-17-15)14-7-6-12-4-2-3-5-13(12)10-14/h6-7,10,16H,2-5,8-9,11H2,1H3. The lowest BCUT2D eigenvalue weighted by Crippen LogP contribution is -2.45. The summed E-state index contributed by atoms with van der Waals surface area (Å²) in [6.45, 7) is 4.91. The predicted molar refractivity (Wildman–Crippen MR) is 69.3 cm³/mol. The maximum absolute atomic E-state index is 5.98. The van der Waals surface area contributed by atoms with Gasteiger partial charge in [0.05, 0.1) is 6.61 Å². The van der Waals surface area contributed by atoms with Gasteiger partial charge >= 0.3 is 0 Å². The van der Waals surface area contributed by atoms with Crippen molar-refractivity contribution in [3.63, 3.8) is 0 Å². The molecule has 1 heterocycles. The second-order valence-electron chi connectivity index (χ2n) is 5.45. The maximum atomic E-state index is 5.98. The van der Waals surface area contributed by atoms with E-state index < -0.39 is 0 Å². The first-order valence-corrected chi connectivity index (χ1v) is 6.75. The first kappa shape index (κ1) is 11.2. The molecule has 2 aliphatic rings. The molecule has 1 aliphatic heterocycles. The zero-order valence-corrected chi connectivity index (χ0v) is 10.6.